The van der Waals surface area contributed by atoms with E-state index in [9.17, 15) is 33.8 Å². The number of esters is 2. The number of aliphatic hydroxyl groups is 2. The number of hydrogen-bond donors (Lipinski definition) is 5. The lowest BCUT2D eigenvalue weighted by atomic mass is 10.0. The fourth-order valence-electron chi connectivity index (χ4n) is 5.95. The van der Waals surface area contributed by atoms with Crippen LogP contribution in [-0.2, 0) is 41.8 Å². The number of phosphoric acid groups is 2. The number of ether oxygens (including phenoxy) is 2. The number of allylic oxidation sites excluding steroid dienone is 8. The molecular weight excluding hydrogens is 838 g/mol. The Bertz CT molecular complexity index is 1360. The lowest BCUT2D eigenvalue weighted by Gasteiger charge is -2.20. The highest BCUT2D eigenvalue weighted by Crippen LogP contribution is 2.43. The number of phosphoric ester groups is 2. The van der Waals surface area contributed by atoms with Gasteiger partial charge in [0.1, 0.15) is 12.7 Å². The van der Waals surface area contributed by atoms with Crippen LogP contribution in [0.25, 0.3) is 0 Å². The molecule has 16 heteroatoms. The van der Waals surface area contributed by atoms with Gasteiger partial charge in [-0.2, -0.15) is 0 Å². The first-order chi connectivity index (χ1) is 29.6. The van der Waals surface area contributed by atoms with Crippen LogP contribution in [0.5, 0.6) is 0 Å². The summed E-state index contributed by atoms with van der Waals surface area (Å²) >= 11 is 0. The van der Waals surface area contributed by atoms with Gasteiger partial charge in [0, 0.05) is 12.8 Å². The molecule has 5 N–H and O–H groups in total. The molecule has 0 radical (unpaired) electrons. The molecule has 0 aliphatic heterocycles. The first-order valence-corrected chi connectivity index (χ1v) is 26.0. The average molecular weight is 921 g/mol. The van der Waals surface area contributed by atoms with Gasteiger partial charge in [0.15, 0.2) is 6.10 Å². The molecule has 360 valence electrons. The normalized spacial score (nSPS) is 15.1. The summed E-state index contributed by atoms with van der Waals surface area (Å²) in [4.78, 5) is 52.7. The maximum atomic E-state index is 12.7. The molecule has 0 spiro atoms. The van der Waals surface area contributed by atoms with E-state index in [1.54, 1.807) is 6.08 Å². The molecule has 2 unspecified atom stereocenters. The number of rotatable bonds is 42. The monoisotopic (exact) mass is 921 g/mol. The van der Waals surface area contributed by atoms with E-state index in [1.165, 1.54) is 64.2 Å². The van der Waals surface area contributed by atoms with E-state index in [4.69, 9.17) is 23.8 Å². The molecule has 0 bridgehead atoms. The van der Waals surface area contributed by atoms with Crippen LogP contribution in [0.2, 0.25) is 0 Å². The molecule has 62 heavy (non-hydrogen) atoms. The number of hydrogen-bond acceptors (Lipinski definition) is 11. The lowest BCUT2D eigenvalue weighted by Crippen LogP contribution is -2.30. The minimum atomic E-state index is -4.88. The van der Waals surface area contributed by atoms with Gasteiger partial charge in [-0.3, -0.25) is 23.2 Å². The molecule has 0 aromatic carbocycles. The Morgan fingerprint density at radius 2 is 1.11 bits per heavy atom. The third-order valence-corrected chi connectivity index (χ3v) is 10.9. The standard InChI is InChI=1S/C46H82O14P2/c1-4-5-6-7-23-28-33-42(47)34-29-24-19-16-17-20-25-30-35-45(49)56-39-44(40-59-62(54,55)58-38-43(48)37-57-61(51,52)53)60-46(50)36-31-26-21-15-13-11-9-8-10-12-14-18-22-27-32-41(2)3/h5-6,17,19-20,23-24,28-29,34,41-44,47-48H,4,7-16,18,21-22,25-27,30-33,35-40H2,1-3H3,(H,54,55)(H2,51,52,53)/b6-5-,20-17-,24-19-,28-23-,34-29+/t42?,43-,44+/m0/s1. The number of aliphatic hydroxyl groups excluding tert-OH is 2. The van der Waals surface area contributed by atoms with Crippen molar-refractivity contribution in [3.05, 3.63) is 60.8 Å². The largest absolute Gasteiger partial charge is 0.472 e. The Morgan fingerprint density at radius 3 is 1.73 bits per heavy atom. The molecule has 0 rings (SSSR count). The van der Waals surface area contributed by atoms with Gasteiger partial charge in [-0.05, 0) is 50.9 Å². The SMILES string of the molecule is CC/C=C\C/C=C\CC(O)/C=C/C=C\C/C=C\CCCC(=O)OC[C@H](COP(=O)(O)OC[C@@H](O)COP(=O)(O)O)OC(=O)CCCCCCCCCCCCCCCCC(C)C. The minimum absolute atomic E-state index is 0.0838. The molecule has 0 aliphatic rings. The van der Waals surface area contributed by atoms with E-state index in [2.05, 4.69) is 42.0 Å². The molecule has 14 nitrogen and oxygen atoms in total. The summed E-state index contributed by atoms with van der Waals surface area (Å²) in [5.41, 5.74) is 0. The predicted molar refractivity (Wildman–Crippen MR) is 245 cm³/mol. The molecule has 0 aliphatic carbocycles. The number of carbonyl (C=O) groups is 2. The molecular formula is C46H82O14P2. The smallest absolute Gasteiger partial charge is 0.462 e. The van der Waals surface area contributed by atoms with E-state index >= 15 is 0 Å². The average Bonchev–Trinajstić information content (AvgIpc) is 3.21. The number of carbonyl (C=O) groups excluding carboxylic acids is 2. The van der Waals surface area contributed by atoms with Gasteiger partial charge < -0.3 is 34.4 Å². The molecule has 4 atom stereocenters. The minimum Gasteiger partial charge on any atom is -0.462 e. The summed E-state index contributed by atoms with van der Waals surface area (Å²) in [7, 11) is -9.71. The van der Waals surface area contributed by atoms with Gasteiger partial charge in [-0.15, -0.1) is 0 Å². The van der Waals surface area contributed by atoms with Crippen molar-refractivity contribution in [3.8, 4) is 0 Å². The Morgan fingerprint density at radius 1 is 0.581 bits per heavy atom. The van der Waals surface area contributed by atoms with Crippen LogP contribution in [0.4, 0.5) is 0 Å². The van der Waals surface area contributed by atoms with E-state index in [0.29, 0.717) is 32.1 Å². The Labute approximate surface area is 373 Å². The van der Waals surface area contributed by atoms with Crippen LogP contribution in [0.15, 0.2) is 60.8 Å². The zero-order valence-corrected chi connectivity index (χ0v) is 39.8. The number of unbranched alkanes of at least 4 members (excludes halogenated alkanes) is 14. The molecule has 0 saturated carbocycles. The topological polar surface area (TPSA) is 216 Å². The van der Waals surface area contributed by atoms with E-state index < -0.39 is 72.3 Å². The van der Waals surface area contributed by atoms with Crippen molar-refractivity contribution in [1.82, 2.24) is 0 Å². The maximum absolute atomic E-state index is 12.7. The maximum Gasteiger partial charge on any atom is 0.472 e. The first kappa shape index (κ1) is 59.8. The van der Waals surface area contributed by atoms with Crippen molar-refractivity contribution < 1.29 is 66.7 Å². The summed E-state index contributed by atoms with van der Waals surface area (Å²) in [5.74, 6) is -0.336. The Balaban J connectivity index is 4.62. The van der Waals surface area contributed by atoms with Crippen LogP contribution < -0.4 is 0 Å². The van der Waals surface area contributed by atoms with Crippen molar-refractivity contribution in [1.29, 1.82) is 0 Å². The Hall–Kier alpha value is -2.22. The zero-order chi connectivity index (χ0) is 46.2. The summed E-state index contributed by atoms with van der Waals surface area (Å²) < 4.78 is 47.7. The molecule has 0 heterocycles. The highest BCUT2D eigenvalue weighted by Gasteiger charge is 2.28. The summed E-state index contributed by atoms with van der Waals surface area (Å²) in [6, 6.07) is 0. The van der Waals surface area contributed by atoms with Gasteiger partial charge in [0.05, 0.1) is 25.9 Å². The van der Waals surface area contributed by atoms with Crippen LogP contribution in [-0.4, -0.2) is 81.6 Å². The highest BCUT2D eigenvalue weighted by atomic mass is 31.2. The summed E-state index contributed by atoms with van der Waals surface area (Å²) in [5, 5.41) is 19.8. The highest BCUT2D eigenvalue weighted by molar-refractivity contribution is 7.47. The second kappa shape index (κ2) is 40.3. The van der Waals surface area contributed by atoms with Gasteiger partial charge in [0.2, 0.25) is 0 Å². The van der Waals surface area contributed by atoms with Crippen molar-refractivity contribution in [3.63, 3.8) is 0 Å². The lowest BCUT2D eigenvalue weighted by molar-refractivity contribution is -0.161. The zero-order valence-electron chi connectivity index (χ0n) is 38.0. The fourth-order valence-corrected chi connectivity index (χ4v) is 7.10. The van der Waals surface area contributed by atoms with Crippen LogP contribution in [0.1, 0.15) is 168 Å². The van der Waals surface area contributed by atoms with Crippen LogP contribution in [0.3, 0.4) is 0 Å². The van der Waals surface area contributed by atoms with Crippen molar-refractivity contribution in [2.45, 2.75) is 187 Å². The third kappa shape index (κ3) is 44.4. The van der Waals surface area contributed by atoms with Gasteiger partial charge in [-0.1, -0.05) is 171 Å². The predicted octanol–water partition coefficient (Wildman–Crippen LogP) is 10.8. The van der Waals surface area contributed by atoms with Crippen molar-refractivity contribution in [2.75, 3.05) is 26.4 Å². The van der Waals surface area contributed by atoms with Crippen LogP contribution >= 0.6 is 15.6 Å². The van der Waals surface area contributed by atoms with E-state index in [0.717, 1.165) is 44.4 Å². The summed E-state index contributed by atoms with van der Waals surface area (Å²) in [6.45, 7) is 3.83. The second-order valence-corrected chi connectivity index (χ2v) is 18.7. The molecule has 0 aromatic rings. The molecule has 0 amide bonds. The molecule has 0 aromatic heterocycles. The molecule has 0 saturated heterocycles. The van der Waals surface area contributed by atoms with Crippen molar-refractivity contribution in [2.24, 2.45) is 5.92 Å². The van der Waals surface area contributed by atoms with Gasteiger partial charge >= 0.3 is 27.6 Å². The van der Waals surface area contributed by atoms with E-state index in [1.807, 2.05) is 42.5 Å². The first-order valence-electron chi connectivity index (χ1n) is 22.9. The molecule has 0 fully saturated rings. The van der Waals surface area contributed by atoms with Gasteiger partial charge in [0.25, 0.3) is 0 Å². The van der Waals surface area contributed by atoms with E-state index in [-0.39, 0.29) is 12.8 Å². The third-order valence-electron chi connectivity index (χ3n) is 9.42. The second-order valence-electron chi connectivity index (χ2n) is 16.0. The fraction of sp³-hybridized carbons (Fsp3) is 0.739. The van der Waals surface area contributed by atoms with Crippen LogP contribution in [0, 0.1) is 5.92 Å². The summed E-state index contributed by atoms with van der Waals surface area (Å²) in [6.07, 6.45) is 38.2. The quantitative estimate of drug-likeness (QED) is 0.0127. The van der Waals surface area contributed by atoms with Gasteiger partial charge in [-0.25, -0.2) is 9.13 Å². The van der Waals surface area contributed by atoms with Crippen molar-refractivity contribution >= 4 is 27.6 Å². The Kier molecular flexibility index (Phi) is 38.9.